The number of aromatic nitrogens is 2. The monoisotopic (exact) mass is 341 g/mol. The second-order valence-electron chi connectivity index (χ2n) is 6.92. The van der Waals surface area contributed by atoms with Gasteiger partial charge in [0.1, 0.15) is 5.75 Å². The van der Waals surface area contributed by atoms with Crippen molar-refractivity contribution in [3.05, 3.63) is 47.8 Å². The Hall–Kier alpha value is -2.34. The largest absolute Gasteiger partial charge is 0.493 e. The van der Waals surface area contributed by atoms with Crippen molar-refractivity contribution in [3.63, 3.8) is 0 Å². The summed E-state index contributed by atoms with van der Waals surface area (Å²) in [4.78, 5) is 12.4. The van der Waals surface area contributed by atoms with Crippen LogP contribution in [0.25, 0.3) is 0 Å². The summed E-state index contributed by atoms with van der Waals surface area (Å²) < 4.78 is 7.33. The van der Waals surface area contributed by atoms with Crippen molar-refractivity contribution >= 4 is 5.91 Å². The molecule has 25 heavy (non-hydrogen) atoms. The molecule has 132 valence electrons. The Kier molecular flexibility index (Phi) is 4.44. The summed E-state index contributed by atoms with van der Waals surface area (Å²) in [7, 11) is 0. The molecule has 1 fully saturated rings. The van der Waals surface area contributed by atoms with Gasteiger partial charge in [0.2, 0.25) is 5.91 Å². The highest BCUT2D eigenvalue weighted by Crippen LogP contribution is 2.39. The summed E-state index contributed by atoms with van der Waals surface area (Å²) in [6.07, 6.45) is 6.09. The van der Waals surface area contributed by atoms with Gasteiger partial charge in [-0.15, -0.1) is 0 Å². The van der Waals surface area contributed by atoms with Gasteiger partial charge < -0.3 is 15.2 Å². The topological polar surface area (TPSA) is 76.4 Å². The number of amides is 1. The van der Waals surface area contributed by atoms with Gasteiger partial charge in [-0.1, -0.05) is 6.07 Å². The SMILES string of the molecule is O=C(CCn1cccn1)N[C@@H](c1ccc2c(c1)CCO2)C1CC(O)C1. The number of fused-ring (bicyclic) bond motifs is 1. The van der Waals surface area contributed by atoms with E-state index in [0.29, 0.717) is 13.0 Å². The number of aliphatic hydroxyl groups is 1. The molecule has 2 heterocycles. The summed E-state index contributed by atoms with van der Waals surface area (Å²) in [5, 5.41) is 17.0. The number of rotatable bonds is 6. The second kappa shape index (κ2) is 6.88. The van der Waals surface area contributed by atoms with Crippen LogP contribution in [-0.4, -0.2) is 33.5 Å². The first kappa shape index (κ1) is 16.1. The molecule has 1 saturated carbocycles. The number of ether oxygens (including phenoxy) is 1. The molecule has 6 heteroatoms. The summed E-state index contributed by atoms with van der Waals surface area (Å²) in [5.41, 5.74) is 2.31. The van der Waals surface area contributed by atoms with Gasteiger partial charge in [-0.3, -0.25) is 9.48 Å². The van der Waals surface area contributed by atoms with Gasteiger partial charge in [0, 0.05) is 31.8 Å². The lowest BCUT2D eigenvalue weighted by Crippen LogP contribution is -2.41. The first-order chi connectivity index (χ1) is 12.2. The minimum absolute atomic E-state index is 0.0126. The highest BCUT2D eigenvalue weighted by Gasteiger charge is 2.36. The minimum Gasteiger partial charge on any atom is -0.493 e. The summed E-state index contributed by atoms with van der Waals surface area (Å²) in [6, 6.07) is 7.97. The predicted molar refractivity (Wildman–Crippen MR) is 92.1 cm³/mol. The lowest BCUT2D eigenvalue weighted by Gasteiger charge is -2.38. The third-order valence-corrected chi connectivity index (χ3v) is 5.14. The number of aliphatic hydroxyl groups excluding tert-OH is 1. The van der Waals surface area contributed by atoms with Crippen LogP contribution in [0.15, 0.2) is 36.7 Å². The van der Waals surface area contributed by atoms with Crippen LogP contribution in [0.4, 0.5) is 0 Å². The van der Waals surface area contributed by atoms with Crippen molar-refractivity contribution < 1.29 is 14.6 Å². The Morgan fingerprint density at radius 3 is 3.08 bits per heavy atom. The fourth-order valence-corrected chi connectivity index (χ4v) is 3.67. The fraction of sp³-hybridized carbons (Fsp3) is 0.474. The van der Waals surface area contributed by atoms with E-state index in [9.17, 15) is 9.90 Å². The zero-order valence-electron chi connectivity index (χ0n) is 14.1. The maximum atomic E-state index is 12.4. The molecular weight excluding hydrogens is 318 g/mol. The molecular formula is C19H23N3O3. The maximum absolute atomic E-state index is 12.4. The van der Waals surface area contributed by atoms with Crippen LogP contribution in [0.3, 0.4) is 0 Å². The number of carbonyl (C=O) groups excluding carboxylic acids is 1. The molecule has 0 radical (unpaired) electrons. The van der Waals surface area contributed by atoms with Crippen LogP contribution in [0.1, 0.15) is 36.4 Å². The summed E-state index contributed by atoms with van der Waals surface area (Å²) in [6.45, 7) is 1.29. The molecule has 1 aliphatic heterocycles. The lowest BCUT2D eigenvalue weighted by atomic mass is 9.75. The Balaban J connectivity index is 1.45. The van der Waals surface area contributed by atoms with E-state index in [1.807, 2.05) is 24.4 Å². The number of aryl methyl sites for hydroxylation is 1. The van der Waals surface area contributed by atoms with E-state index in [1.165, 1.54) is 5.56 Å². The molecule has 0 saturated heterocycles. The van der Waals surface area contributed by atoms with Crippen molar-refractivity contribution in [3.8, 4) is 5.75 Å². The van der Waals surface area contributed by atoms with E-state index in [1.54, 1.807) is 10.9 Å². The van der Waals surface area contributed by atoms with Crippen LogP contribution in [0.5, 0.6) is 5.75 Å². The van der Waals surface area contributed by atoms with Gasteiger partial charge in [0.05, 0.1) is 18.8 Å². The molecule has 2 N–H and O–H groups in total. The van der Waals surface area contributed by atoms with Crippen molar-refractivity contribution in [1.82, 2.24) is 15.1 Å². The van der Waals surface area contributed by atoms with E-state index < -0.39 is 0 Å². The highest BCUT2D eigenvalue weighted by molar-refractivity contribution is 5.76. The molecule has 1 aliphatic carbocycles. The van der Waals surface area contributed by atoms with E-state index in [2.05, 4.69) is 16.5 Å². The van der Waals surface area contributed by atoms with Gasteiger partial charge >= 0.3 is 0 Å². The van der Waals surface area contributed by atoms with E-state index in [-0.39, 0.29) is 24.0 Å². The second-order valence-corrected chi connectivity index (χ2v) is 6.92. The van der Waals surface area contributed by atoms with Crippen molar-refractivity contribution in [2.45, 2.75) is 44.4 Å². The van der Waals surface area contributed by atoms with Crippen molar-refractivity contribution in [2.24, 2.45) is 5.92 Å². The molecule has 0 bridgehead atoms. The number of carbonyl (C=O) groups is 1. The van der Waals surface area contributed by atoms with Gasteiger partial charge in [-0.05, 0) is 48.1 Å². The average Bonchev–Trinajstić information content (AvgIpc) is 3.25. The van der Waals surface area contributed by atoms with Crippen molar-refractivity contribution in [2.75, 3.05) is 6.61 Å². The van der Waals surface area contributed by atoms with E-state index in [4.69, 9.17) is 4.74 Å². The Morgan fingerprint density at radius 1 is 1.44 bits per heavy atom. The van der Waals surface area contributed by atoms with Crippen LogP contribution < -0.4 is 10.1 Å². The van der Waals surface area contributed by atoms with Crippen LogP contribution in [0, 0.1) is 5.92 Å². The quantitative estimate of drug-likeness (QED) is 0.840. The lowest BCUT2D eigenvalue weighted by molar-refractivity contribution is -0.123. The Bertz CT molecular complexity index is 738. The first-order valence-electron chi connectivity index (χ1n) is 8.89. The smallest absolute Gasteiger partial charge is 0.222 e. The minimum atomic E-state index is -0.244. The summed E-state index contributed by atoms with van der Waals surface area (Å²) >= 11 is 0. The molecule has 0 spiro atoms. The number of nitrogens with zero attached hydrogens (tertiary/aromatic N) is 2. The molecule has 1 atom stereocenters. The average molecular weight is 341 g/mol. The molecule has 6 nitrogen and oxygen atoms in total. The third-order valence-electron chi connectivity index (χ3n) is 5.14. The van der Waals surface area contributed by atoms with Gasteiger partial charge in [-0.25, -0.2) is 0 Å². The van der Waals surface area contributed by atoms with Gasteiger partial charge in [0.25, 0.3) is 0 Å². The molecule has 2 aromatic rings. The molecule has 2 aliphatic rings. The zero-order chi connectivity index (χ0) is 17.2. The van der Waals surface area contributed by atoms with Gasteiger partial charge in [0.15, 0.2) is 0 Å². The van der Waals surface area contributed by atoms with E-state index >= 15 is 0 Å². The molecule has 1 aromatic heterocycles. The Labute approximate surface area is 146 Å². The standard InChI is InChI=1S/C19H23N3O3/c23-16-11-15(12-16)19(14-2-3-17-13(10-14)5-9-25-17)21-18(24)4-8-22-7-1-6-20-22/h1-3,6-7,10,15-16,19,23H,4-5,8-9,11-12H2,(H,21,24)/t15?,16?,19-/m0/s1. The molecule has 1 amide bonds. The number of benzene rings is 1. The van der Waals surface area contributed by atoms with Crippen molar-refractivity contribution in [1.29, 1.82) is 0 Å². The highest BCUT2D eigenvalue weighted by atomic mass is 16.5. The number of hydrogen-bond acceptors (Lipinski definition) is 4. The summed E-state index contributed by atoms with van der Waals surface area (Å²) in [5.74, 6) is 1.24. The van der Waals surface area contributed by atoms with Crippen LogP contribution in [-0.2, 0) is 17.8 Å². The first-order valence-corrected chi connectivity index (χ1v) is 8.89. The third kappa shape index (κ3) is 3.54. The van der Waals surface area contributed by atoms with Crippen LogP contribution in [0.2, 0.25) is 0 Å². The molecule has 4 rings (SSSR count). The number of nitrogens with one attached hydrogen (secondary N) is 1. The van der Waals surface area contributed by atoms with E-state index in [0.717, 1.165) is 37.2 Å². The molecule has 0 unspecified atom stereocenters. The predicted octanol–water partition coefficient (Wildman–Crippen LogP) is 1.84. The van der Waals surface area contributed by atoms with Crippen LogP contribution >= 0.6 is 0 Å². The zero-order valence-corrected chi connectivity index (χ0v) is 14.1. The normalized spacial score (nSPS) is 22.6. The van der Waals surface area contributed by atoms with Gasteiger partial charge in [-0.2, -0.15) is 5.10 Å². The number of hydrogen-bond donors (Lipinski definition) is 2. The molecule has 1 aromatic carbocycles. The fourth-order valence-electron chi connectivity index (χ4n) is 3.67. The Morgan fingerprint density at radius 2 is 2.32 bits per heavy atom. The maximum Gasteiger partial charge on any atom is 0.222 e.